The molecule has 0 spiro atoms. The van der Waals surface area contributed by atoms with E-state index in [0.29, 0.717) is 12.2 Å². The second kappa shape index (κ2) is 6.09. The Morgan fingerprint density at radius 1 is 1.50 bits per heavy atom. The van der Waals surface area contributed by atoms with Crippen molar-refractivity contribution in [1.82, 2.24) is 9.78 Å². The third-order valence-corrected chi connectivity index (χ3v) is 3.50. The van der Waals surface area contributed by atoms with Crippen molar-refractivity contribution in [2.75, 3.05) is 5.32 Å². The monoisotopic (exact) mass is 337 g/mol. The lowest BCUT2D eigenvalue weighted by Crippen LogP contribution is -2.07. The quantitative estimate of drug-likeness (QED) is 0.879. The molecule has 2 rings (SSSR count). The van der Waals surface area contributed by atoms with Crippen LogP contribution in [0.4, 0.5) is 5.69 Å². The molecule has 2 aromatic rings. The van der Waals surface area contributed by atoms with Crippen molar-refractivity contribution in [3.05, 3.63) is 45.7 Å². The molecule has 0 aliphatic heterocycles. The predicted octanol–water partition coefficient (Wildman–Crippen LogP) is 3.06. The number of carbonyl (C=O) groups is 1. The highest BCUT2D eigenvalue weighted by Crippen LogP contribution is 2.22. The lowest BCUT2D eigenvalue weighted by molar-refractivity contribution is 0.0698. The third-order valence-electron chi connectivity index (χ3n) is 3.01. The first-order valence-corrected chi connectivity index (χ1v) is 7.08. The number of nitrogens with one attached hydrogen (secondary N) is 1. The first kappa shape index (κ1) is 14.6. The number of benzene rings is 1. The second-order valence-electron chi connectivity index (χ2n) is 4.48. The summed E-state index contributed by atoms with van der Waals surface area (Å²) in [6.07, 6.45) is 2.80. The Morgan fingerprint density at radius 3 is 2.90 bits per heavy atom. The van der Waals surface area contributed by atoms with E-state index in [1.807, 2.05) is 20.2 Å². The number of carboxylic acids is 1. The highest BCUT2D eigenvalue weighted by Gasteiger charge is 2.11. The van der Waals surface area contributed by atoms with Crippen LogP contribution in [0, 0.1) is 0 Å². The van der Waals surface area contributed by atoms with Gasteiger partial charge in [-0.3, -0.25) is 4.68 Å². The first-order valence-electron chi connectivity index (χ1n) is 6.29. The SMILES string of the molecule is CCc1nn(C)cc1CNc1cc(Br)ccc1C(=O)O. The average Bonchev–Trinajstić information content (AvgIpc) is 2.76. The van der Waals surface area contributed by atoms with Gasteiger partial charge in [0.25, 0.3) is 0 Å². The van der Waals surface area contributed by atoms with Crippen LogP contribution in [0.5, 0.6) is 0 Å². The summed E-state index contributed by atoms with van der Waals surface area (Å²) >= 11 is 3.35. The minimum absolute atomic E-state index is 0.259. The Morgan fingerprint density at radius 2 is 2.25 bits per heavy atom. The molecular weight excluding hydrogens is 322 g/mol. The Balaban J connectivity index is 2.22. The fourth-order valence-electron chi connectivity index (χ4n) is 2.07. The lowest BCUT2D eigenvalue weighted by atomic mass is 10.1. The number of aromatic carboxylic acids is 1. The van der Waals surface area contributed by atoms with Crippen LogP contribution >= 0.6 is 15.9 Å². The number of nitrogens with zero attached hydrogens (tertiary/aromatic N) is 2. The molecule has 1 aromatic carbocycles. The molecule has 0 saturated carbocycles. The molecular formula is C14H16BrN3O2. The molecule has 0 fully saturated rings. The summed E-state index contributed by atoms with van der Waals surface area (Å²) in [4.78, 5) is 11.2. The molecule has 0 amide bonds. The Bertz CT molecular complexity index is 637. The smallest absolute Gasteiger partial charge is 0.337 e. The number of carboxylic acid groups (broad SMARTS) is 1. The molecule has 1 aromatic heterocycles. The van der Waals surface area contributed by atoms with Crippen LogP contribution in [0.3, 0.4) is 0 Å². The van der Waals surface area contributed by atoms with Gasteiger partial charge in [0.1, 0.15) is 0 Å². The number of aromatic nitrogens is 2. The summed E-state index contributed by atoms with van der Waals surface area (Å²) in [7, 11) is 1.88. The van der Waals surface area contributed by atoms with E-state index in [9.17, 15) is 9.90 Å². The maximum atomic E-state index is 11.2. The van der Waals surface area contributed by atoms with Crippen LogP contribution in [0.15, 0.2) is 28.9 Å². The van der Waals surface area contributed by atoms with Gasteiger partial charge in [0.2, 0.25) is 0 Å². The molecule has 1 heterocycles. The van der Waals surface area contributed by atoms with Gasteiger partial charge in [0, 0.05) is 29.8 Å². The number of aryl methyl sites for hydroxylation is 2. The number of hydrogen-bond acceptors (Lipinski definition) is 3. The van der Waals surface area contributed by atoms with Crippen LogP contribution in [-0.2, 0) is 20.0 Å². The third kappa shape index (κ3) is 3.19. The van der Waals surface area contributed by atoms with Gasteiger partial charge in [-0.15, -0.1) is 0 Å². The fourth-order valence-corrected chi connectivity index (χ4v) is 2.43. The van der Waals surface area contributed by atoms with Crippen LogP contribution in [0.25, 0.3) is 0 Å². The summed E-state index contributed by atoms with van der Waals surface area (Å²) < 4.78 is 2.61. The van der Waals surface area contributed by atoms with E-state index in [2.05, 4.69) is 26.3 Å². The minimum Gasteiger partial charge on any atom is -0.478 e. The number of anilines is 1. The van der Waals surface area contributed by atoms with Gasteiger partial charge in [0.15, 0.2) is 0 Å². The van der Waals surface area contributed by atoms with E-state index in [1.54, 1.807) is 22.9 Å². The Labute approximate surface area is 125 Å². The van der Waals surface area contributed by atoms with Gasteiger partial charge in [-0.25, -0.2) is 4.79 Å². The molecule has 0 radical (unpaired) electrons. The maximum absolute atomic E-state index is 11.2. The van der Waals surface area contributed by atoms with Gasteiger partial charge in [-0.1, -0.05) is 22.9 Å². The molecule has 0 aliphatic rings. The lowest BCUT2D eigenvalue weighted by Gasteiger charge is -2.10. The fraction of sp³-hybridized carbons (Fsp3) is 0.286. The zero-order valence-electron chi connectivity index (χ0n) is 11.4. The van der Waals surface area contributed by atoms with Crippen molar-refractivity contribution in [3.8, 4) is 0 Å². The van der Waals surface area contributed by atoms with Crippen molar-refractivity contribution in [2.45, 2.75) is 19.9 Å². The Kier molecular flexibility index (Phi) is 4.44. The number of halogens is 1. The standard InChI is InChI=1S/C14H16BrN3O2/c1-3-12-9(8-18(2)17-12)7-16-13-6-10(15)4-5-11(13)14(19)20/h4-6,8,16H,3,7H2,1-2H3,(H,19,20). The summed E-state index contributed by atoms with van der Waals surface area (Å²) in [6.45, 7) is 2.60. The van der Waals surface area contributed by atoms with E-state index >= 15 is 0 Å². The van der Waals surface area contributed by atoms with Gasteiger partial charge in [0.05, 0.1) is 16.9 Å². The average molecular weight is 338 g/mol. The topological polar surface area (TPSA) is 67.2 Å². The van der Waals surface area contributed by atoms with E-state index in [0.717, 1.165) is 22.2 Å². The highest BCUT2D eigenvalue weighted by molar-refractivity contribution is 9.10. The normalized spacial score (nSPS) is 10.6. The van der Waals surface area contributed by atoms with E-state index < -0.39 is 5.97 Å². The summed E-state index contributed by atoms with van der Waals surface area (Å²) in [5, 5.41) is 16.7. The molecule has 6 heteroatoms. The molecule has 0 unspecified atom stereocenters. The molecule has 20 heavy (non-hydrogen) atoms. The van der Waals surface area contributed by atoms with Crippen molar-refractivity contribution in [3.63, 3.8) is 0 Å². The molecule has 0 aliphatic carbocycles. The largest absolute Gasteiger partial charge is 0.478 e. The van der Waals surface area contributed by atoms with Gasteiger partial charge < -0.3 is 10.4 Å². The van der Waals surface area contributed by atoms with Crippen LogP contribution in [0.1, 0.15) is 28.5 Å². The van der Waals surface area contributed by atoms with Crippen molar-refractivity contribution in [1.29, 1.82) is 0 Å². The molecule has 5 nitrogen and oxygen atoms in total. The number of rotatable bonds is 5. The van der Waals surface area contributed by atoms with Crippen LogP contribution < -0.4 is 5.32 Å². The second-order valence-corrected chi connectivity index (χ2v) is 5.39. The van der Waals surface area contributed by atoms with E-state index in [1.165, 1.54) is 0 Å². The van der Waals surface area contributed by atoms with Crippen LogP contribution in [-0.4, -0.2) is 20.9 Å². The summed E-state index contributed by atoms with van der Waals surface area (Å²) in [5.41, 5.74) is 2.95. The zero-order chi connectivity index (χ0) is 14.7. The Hall–Kier alpha value is -1.82. The number of hydrogen-bond donors (Lipinski definition) is 2. The molecule has 0 saturated heterocycles. The van der Waals surface area contributed by atoms with Gasteiger partial charge in [-0.2, -0.15) is 5.10 Å². The van der Waals surface area contributed by atoms with Crippen LogP contribution in [0.2, 0.25) is 0 Å². The summed E-state index contributed by atoms with van der Waals surface area (Å²) in [5.74, 6) is -0.943. The minimum atomic E-state index is -0.943. The molecule has 0 atom stereocenters. The molecule has 0 bridgehead atoms. The summed E-state index contributed by atoms with van der Waals surface area (Å²) in [6, 6.07) is 5.07. The van der Waals surface area contributed by atoms with Crippen molar-refractivity contribution >= 4 is 27.6 Å². The highest BCUT2D eigenvalue weighted by atomic mass is 79.9. The van der Waals surface area contributed by atoms with E-state index in [4.69, 9.17) is 0 Å². The van der Waals surface area contributed by atoms with Gasteiger partial charge >= 0.3 is 5.97 Å². The molecule has 106 valence electrons. The zero-order valence-corrected chi connectivity index (χ0v) is 12.9. The maximum Gasteiger partial charge on any atom is 0.337 e. The van der Waals surface area contributed by atoms with E-state index in [-0.39, 0.29) is 5.56 Å². The van der Waals surface area contributed by atoms with Gasteiger partial charge in [-0.05, 0) is 24.6 Å². The van der Waals surface area contributed by atoms with Crippen molar-refractivity contribution in [2.24, 2.45) is 7.05 Å². The first-order chi connectivity index (χ1) is 9.51. The van der Waals surface area contributed by atoms with Crippen molar-refractivity contribution < 1.29 is 9.90 Å². The predicted molar refractivity (Wildman–Crippen MR) is 81.0 cm³/mol. The molecule has 2 N–H and O–H groups in total.